The van der Waals surface area contributed by atoms with Crippen LogP contribution in [0, 0.1) is 0 Å². The monoisotopic (exact) mass is 333 g/mol. The van der Waals surface area contributed by atoms with Gasteiger partial charge in [-0.25, -0.2) is 0 Å². The Morgan fingerprint density at radius 1 is 0.667 bits per heavy atom. The van der Waals surface area contributed by atoms with Crippen molar-refractivity contribution in [2.75, 3.05) is 18.2 Å². The lowest BCUT2D eigenvalue weighted by Gasteiger charge is -2.24. The molecule has 0 saturated heterocycles. The summed E-state index contributed by atoms with van der Waals surface area (Å²) < 4.78 is 0. The molecule has 0 fully saturated rings. The minimum Gasteiger partial charge on any atom is -0.273 e. The zero-order valence-electron chi connectivity index (χ0n) is 16.1. The second-order valence-electron chi connectivity index (χ2n) is 6.81. The van der Waals surface area contributed by atoms with Crippen LogP contribution in [0.3, 0.4) is 0 Å². The zero-order valence-corrected chi connectivity index (χ0v) is 16.1. The lowest BCUT2D eigenvalue weighted by molar-refractivity contribution is 0.104. The lowest BCUT2D eigenvalue weighted by atomic mass is 10.1. The van der Waals surface area contributed by atoms with Gasteiger partial charge in [0.15, 0.2) is 0 Å². The Balaban J connectivity index is 2.11. The van der Waals surface area contributed by atoms with Crippen molar-refractivity contribution < 1.29 is 4.84 Å². The lowest BCUT2D eigenvalue weighted by Crippen LogP contribution is -2.25. The van der Waals surface area contributed by atoms with E-state index >= 15 is 0 Å². The molecule has 0 aromatic heterocycles. The number of benzene rings is 1. The fourth-order valence-electron chi connectivity index (χ4n) is 2.92. The Bertz CT molecular complexity index is 365. The van der Waals surface area contributed by atoms with Gasteiger partial charge in [-0.15, -0.1) is 0 Å². The van der Waals surface area contributed by atoms with Gasteiger partial charge in [-0.2, -0.15) is 0 Å². The number of unbranched alkanes of at least 4 members (excludes halogenated alkanes) is 10. The third-order valence-corrected chi connectivity index (χ3v) is 4.50. The van der Waals surface area contributed by atoms with Gasteiger partial charge in [-0.1, -0.05) is 96.3 Å². The molecule has 0 atom stereocenters. The summed E-state index contributed by atoms with van der Waals surface area (Å²) >= 11 is 0. The molecule has 0 aliphatic rings. The minimum absolute atomic E-state index is 0.823. The molecule has 138 valence electrons. The average molecular weight is 334 g/mol. The Kier molecular flexibility index (Phi) is 13.6. The standard InChI is InChI=1S/C22H39NO/c1-3-5-7-8-9-10-11-12-13-17-20-23(24-21-6-4-2)22-18-15-14-16-19-22/h14-16,18-19H,3-13,17,20-21H2,1-2H3. The van der Waals surface area contributed by atoms with Crippen molar-refractivity contribution in [1.82, 2.24) is 0 Å². The molecule has 24 heavy (non-hydrogen) atoms. The molecule has 2 nitrogen and oxygen atoms in total. The van der Waals surface area contributed by atoms with Gasteiger partial charge in [0.2, 0.25) is 0 Å². The maximum atomic E-state index is 5.98. The van der Waals surface area contributed by atoms with Crippen LogP contribution in [0.1, 0.15) is 90.9 Å². The Morgan fingerprint density at radius 2 is 1.21 bits per heavy atom. The van der Waals surface area contributed by atoms with Gasteiger partial charge >= 0.3 is 0 Å². The fourth-order valence-corrected chi connectivity index (χ4v) is 2.92. The van der Waals surface area contributed by atoms with Crippen molar-refractivity contribution in [1.29, 1.82) is 0 Å². The highest BCUT2D eigenvalue weighted by Crippen LogP contribution is 2.16. The largest absolute Gasteiger partial charge is 0.273 e. The molecule has 1 aromatic rings. The number of nitrogens with zero attached hydrogens (tertiary/aromatic N) is 1. The van der Waals surface area contributed by atoms with Gasteiger partial charge in [0.1, 0.15) is 0 Å². The Morgan fingerprint density at radius 3 is 1.79 bits per heavy atom. The second kappa shape index (κ2) is 15.5. The summed E-state index contributed by atoms with van der Waals surface area (Å²) in [6.45, 7) is 6.32. The Hall–Kier alpha value is -1.02. The highest BCUT2D eigenvalue weighted by atomic mass is 16.7. The number of para-hydroxylation sites is 1. The highest BCUT2D eigenvalue weighted by molar-refractivity contribution is 5.43. The van der Waals surface area contributed by atoms with Crippen LogP contribution >= 0.6 is 0 Å². The number of hydrogen-bond donors (Lipinski definition) is 0. The van der Waals surface area contributed by atoms with Crippen molar-refractivity contribution in [3.63, 3.8) is 0 Å². The average Bonchev–Trinajstić information content (AvgIpc) is 2.62. The third-order valence-electron chi connectivity index (χ3n) is 4.50. The van der Waals surface area contributed by atoms with Gasteiger partial charge in [0, 0.05) is 6.54 Å². The topological polar surface area (TPSA) is 12.5 Å². The van der Waals surface area contributed by atoms with E-state index in [9.17, 15) is 0 Å². The molecule has 0 N–H and O–H groups in total. The van der Waals surface area contributed by atoms with Crippen LogP contribution in [-0.2, 0) is 4.84 Å². The highest BCUT2D eigenvalue weighted by Gasteiger charge is 2.06. The summed E-state index contributed by atoms with van der Waals surface area (Å²) in [6.07, 6.45) is 16.1. The maximum absolute atomic E-state index is 5.98. The number of rotatable bonds is 16. The van der Waals surface area contributed by atoms with E-state index in [1.54, 1.807) is 0 Å². The Labute approximate surface area is 150 Å². The molecule has 0 spiro atoms. The molecular formula is C22H39NO. The summed E-state index contributed by atoms with van der Waals surface area (Å²) in [5, 5.41) is 2.10. The molecule has 0 aliphatic carbocycles. The van der Waals surface area contributed by atoms with Crippen LogP contribution < -0.4 is 5.06 Å². The van der Waals surface area contributed by atoms with Gasteiger partial charge in [0.25, 0.3) is 0 Å². The quantitative estimate of drug-likeness (QED) is 0.235. The van der Waals surface area contributed by atoms with Crippen LogP contribution in [0.15, 0.2) is 30.3 Å². The molecule has 0 aliphatic heterocycles. The molecule has 2 heteroatoms. The maximum Gasteiger partial charge on any atom is 0.0748 e. The summed E-state index contributed by atoms with van der Waals surface area (Å²) in [5.74, 6) is 0. The molecule has 1 rings (SSSR count). The second-order valence-corrected chi connectivity index (χ2v) is 6.81. The van der Waals surface area contributed by atoms with Crippen molar-refractivity contribution >= 4 is 5.69 Å². The van der Waals surface area contributed by atoms with Crippen LogP contribution in [0.25, 0.3) is 0 Å². The van der Waals surface area contributed by atoms with Crippen LogP contribution in [0.5, 0.6) is 0 Å². The van der Waals surface area contributed by atoms with E-state index in [0.717, 1.165) is 19.6 Å². The van der Waals surface area contributed by atoms with Gasteiger partial charge in [-0.3, -0.25) is 9.90 Å². The van der Waals surface area contributed by atoms with E-state index in [2.05, 4.69) is 49.2 Å². The van der Waals surface area contributed by atoms with Crippen molar-refractivity contribution in [3.05, 3.63) is 30.3 Å². The van der Waals surface area contributed by atoms with Crippen molar-refractivity contribution in [2.45, 2.75) is 90.9 Å². The number of anilines is 1. The first-order chi connectivity index (χ1) is 11.9. The third kappa shape index (κ3) is 10.7. The van der Waals surface area contributed by atoms with E-state index in [4.69, 9.17) is 4.84 Å². The predicted octanol–water partition coefficient (Wildman–Crippen LogP) is 7.15. The molecule has 0 bridgehead atoms. The van der Waals surface area contributed by atoms with Crippen LogP contribution in [0.2, 0.25) is 0 Å². The first-order valence-corrected chi connectivity index (χ1v) is 10.3. The summed E-state index contributed by atoms with van der Waals surface area (Å²) in [4.78, 5) is 5.98. The van der Waals surface area contributed by atoms with E-state index in [-0.39, 0.29) is 0 Å². The summed E-state index contributed by atoms with van der Waals surface area (Å²) in [7, 11) is 0. The van der Waals surface area contributed by atoms with E-state index in [1.807, 2.05) is 0 Å². The molecule has 0 heterocycles. The summed E-state index contributed by atoms with van der Waals surface area (Å²) in [5.41, 5.74) is 1.18. The van der Waals surface area contributed by atoms with E-state index in [1.165, 1.54) is 76.3 Å². The predicted molar refractivity (Wildman–Crippen MR) is 106 cm³/mol. The summed E-state index contributed by atoms with van der Waals surface area (Å²) in [6, 6.07) is 10.5. The minimum atomic E-state index is 0.823. The van der Waals surface area contributed by atoms with Gasteiger partial charge in [0.05, 0.1) is 12.3 Å². The number of hydrogen-bond acceptors (Lipinski definition) is 2. The molecule has 0 radical (unpaired) electrons. The van der Waals surface area contributed by atoms with Gasteiger partial charge < -0.3 is 0 Å². The van der Waals surface area contributed by atoms with Gasteiger partial charge in [-0.05, 0) is 25.0 Å². The first-order valence-electron chi connectivity index (χ1n) is 10.3. The molecule has 0 saturated carbocycles. The molecule has 0 unspecified atom stereocenters. The molecule has 1 aromatic carbocycles. The smallest absolute Gasteiger partial charge is 0.0748 e. The first kappa shape index (κ1) is 21.0. The molecule has 0 amide bonds. The van der Waals surface area contributed by atoms with Crippen molar-refractivity contribution in [3.8, 4) is 0 Å². The van der Waals surface area contributed by atoms with Crippen LogP contribution in [0.4, 0.5) is 5.69 Å². The van der Waals surface area contributed by atoms with Crippen LogP contribution in [-0.4, -0.2) is 13.2 Å². The van der Waals surface area contributed by atoms with E-state index in [0.29, 0.717) is 0 Å². The SMILES string of the molecule is CCCCCCCCCCCCN(OCCCC)c1ccccc1. The zero-order chi connectivity index (χ0) is 17.3. The molecular weight excluding hydrogens is 294 g/mol. The normalized spacial score (nSPS) is 10.9. The number of hydroxylamine groups is 1. The van der Waals surface area contributed by atoms with Crippen molar-refractivity contribution in [2.24, 2.45) is 0 Å². The van der Waals surface area contributed by atoms with E-state index < -0.39 is 0 Å². The fraction of sp³-hybridized carbons (Fsp3) is 0.727.